The molecule has 1 atom stereocenters. The second-order valence-electron chi connectivity index (χ2n) is 4.97. The molecular formula is C12H20N6O2. The van der Waals surface area contributed by atoms with Crippen molar-refractivity contribution in [2.75, 3.05) is 36.8 Å². The van der Waals surface area contributed by atoms with Crippen LogP contribution in [0, 0.1) is 10.1 Å². The summed E-state index contributed by atoms with van der Waals surface area (Å²) in [4.78, 5) is 22.6. The Kier molecular flexibility index (Phi) is 4.33. The maximum absolute atomic E-state index is 11.0. The molecule has 1 aromatic heterocycles. The molecule has 8 nitrogen and oxygen atoms in total. The molecule has 0 aromatic carbocycles. The van der Waals surface area contributed by atoms with Crippen molar-refractivity contribution in [3.8, 4) is 0 Å². The van der Waals surface area contributed by atoms with Gasteiger partial charge in [0.05, 0.1) is 4.92 Å². The minimum absolute atomic E-state index is 0.0648. The highest BCUT2D eigenvalue weighted by atomic mass is 16.6. The van der Waals surface area contributed by atoms with Gasteiger partial charge in [-0.15, -0.1) is 0 Å². The van der Waals surface area contributed by atoms with Gasteiger partial charge in [-0.2, -0.15) is 4.98 Å². The van der Waals surface area contributed by atoms with Gasteiger partial charge in [0.15, 0.2) is 0 Å². The molecule has 2 heterocycles. The van der Waals surface area contributed by atoms with Crippen LogP contribution in [0.5, 0.6) is 0 Å². The summed E-state index contributed by atoms with van der Waals surface area (Å²) < 4.78 is 0. The predicted octanol–water partition coefficient (Wildman–Crippen LogP) is 0.887. The third-order valence-electron chi connectivity index (χ3n) is 3.79. The maximum Gasteiger partial charge on any atom is 0.329 e. The maximum atomic E-state index is 11.0. The highest BCUT2D eigenvalue weighted by Crippen LogP contribution is 2.26. The van der Waals surface area contributed by atoms with E-state index in [1.54, 1.807) is 0 Å². The fraction of sp³-hybridized carbons (Fsp3) is 0.667. The smallest absolute Gasteiger partial charge is 0.329 e. The van der Waals surface area contributed by atoms with Gasteiger partial charge in [-0.05, 0) is 13.3 Å². The Bertz CT molecular complexity index is 487. The van der Waals surface area contributed by atoms with Gasteiger partial charge in [0.25, 0.3) is 0 Å². The lowest BCUT2D eigenvalue weighted by atomic mass is 10.2. The van der Waals surface area contributed by atoms with Gasteiger partial charge in [0.1, 0.15) is 6.20 Å². The molecule has 0 aliphatic carbocycles. The van der Waals surface area contributed by atoms with Crippen LogP contribution >= 0.6 is 0 Å². The van der Waals surface area contributed by atoms with E-state index in [4.69, 9.17) is 5.73 Å². The quantitative estimate of drug-likeness (QED) is 0.645. The molecule has 20 heavy (non-hydrogen) atoms. The summed E-state index contributed by atoms with van der Waals surface area (Å²) in [6.07, 6.45) is 2.28. The summed E-state index contributed by atoms with van der Waals surface area (Å²) in [6.45, 7) is 7.52. The van der Waals surface area contributed by atoms with Gasteiger partial charge in [0, 0.05) is 32.2 Å². The number of anilines is 2. The molecule has 1 unspecified atom stereocenters. The van der Waals surface area contributed by atoms with E-state index in [9.17, 15) is 10.1 Å². The van der Waals surface area contributed by atoms with Crippen molar-refractivity contribution in [2.45, 2.75) is 26.3 Å². The molecule has 1 aromatic rings. The summed E-state index contributed by atoms with van der Waals surface area (Å²) >= 11 is 0. The van der Waals surface area contributed by atoms with E-state index in [2.05, 4.69) is 28.7 Å². The fourth-order valence-corrected chi connectivity index (χ4v) is 2.37. The fourth-order valence-electron chi connectivity index (χ4n) is 2.37. The van der Waals surface area contributed by atoms with Crippen LogP contribution in [0.15, 0.2) is 6.20 Å². The lowest BCUT2D eigenvalue weighted by Crippen LogP contribution is -2.49. The van der Waals surface area contributed by atoms with Gasteiger partial charge in [-0.1, -0.05) is 6.92 Å². The molecule has 110 valence electrons. The van der Waals surface area contributed by atoms with Gasteiger partial charge >= 0.3 is 5.69 Å². The minimum Gasteiger partial charge on any atom is -0.368 e. The van der Waals surface area contributed by atoms with Crippen LogP contribution in [0.2, 0.25) is 0 Å². The summed E-state index contributed by atoms with van der Waals surface area (Å²) in [6, 6.07) is 0.530. The van der Waals surface area contributed by atoms with Crippen LogP contribution in [-0.2, 0) is 0 Å². The first kappa shape index (κ1) is 14.4. The molecule has 0 amide bonds. The van der Waals surface area contributed by atoms with Gasteiger partial charge in [0.2, 0.25) is 11.8 Å². The van der Waals surface area contributed by atoms with Gasteiger partial charge < -0.3 is 10.6 Å². The van der Waals surface area contributed by atoms with E-state index in [-0.39, 0.29) is 11.6 Å². The monoisotopic (exact) mass is 280 g/mol. The molecule has 1 aliphatic heterocycles. The first-order valence-electron chi connectivity index (χ1n) is 6.78. The highest BCUT2D eigenvalue weighted by Gasteiger charge is 2.27. The van der Waals surface area contributed by atoms with E-state index in [1.165, 1.54) is 6.20 Å². The minimum atomic E-state index is -0.462. The van der Waals surface area contributed by atoms with E-state index in [1.807, 2.05) is 4.90 Å². The summed E-state index contributed by atoms with van der Waals surface area (Å²) in [5, 5.41) is 11.0. The molecule has 0 bridgehead atoms. The Hall–Kier alpha value is -1.96. The highest BCUT2D eigenvalue weighted by molar-refractivity contribution is 5.58. The Morgan fingerprint density at radius 3 is 2.65 bits per heavy atom. The van der Waals surface area contributed by atoms with Crippen molar-refractivity contribution in [1.29, 1.82) is 0 Å². The number of piperazine rings is 1. The zero-order valence-electron chi connectivity index (χ0n) is 11.8. The lowest BCUT2D eigenvalue weighted by Gasteiger charge is -2.38. The number of nitrogen functional groups attached to an aromatic ring is 1. The van der Waals surface area contributed by atoms with Crippen LogP contribution in [0.3, 0.4) is 0 Å². The normalized spacial score (nSPS) is 18.0. The average Bonchev–Trinajstić information content (AvgIpc) is 2.46. The van der Waals surface area contributed by atoms with Gasteiger partial charge in [-0.3, -0.25) is 15.0 Å². The molecular weight excluding hydrogens is 260 g/mol. The second-order valence-corrected chi connectivity index (χ2v) is 4.97. The van der Waals surface area contributed by atoms with Crippen LogP contribution in [0.4, 0.5) is 17.5 Å². The molecule has 1 aliphatic rings. The van der Waals surface area contributed by atoms with E-state index in [0.29, 0.717) is 24.9 Å². The lowest BCUT2D eigenvalue weighted by molar-refractivity contribution is -0.384. The van der Waals surface area contributed by atoms with Crippen LogP contribution in [-0.4, -0.2) is 52.0 Å². The molecule has 0 saturated carbocycles. The predicted molar refractivity (Wildman–Crippen MR) is 76.6 cm³/mol. The number of aromatic nitrogens is 2. The Morgan fingerprint density at radius 1 is 1.45 bits per heavy atom. The average molecular weight is 280 g/mol. The zero-order valence-corrected chi connectivity index (χ0v) is 11.8. The van der Waals surface area contributed by atoms with E-state index >= 15 is 0 Å². The number of hydrogen-bond donors (Lipinski definition) is 1. The first-order valence-corrected chi connectivity index (χ1v) is 6.78. The van der Waals surface area contributed by atoms with Gasteiger partial charge in [-0.25, -0.2) is 4.98 Å². The van der Waals surface area contributed by atoms with Crippen molar-refractivity contribution in [2.24, 2.45) is 0 Å². The Morgan fingerprint density at radius 2 is 2.10 bits per heavy atom. The molecule has 0 radical (unpaired) electrons. The number of hydrogen-bond acceptors (Lipinski definition) is 7. The van der Waals surface area contributed by atoms with E-state index < -0.39 is 4.92 Å². The molecule has 8 heteroatoms. The van der Waals surface area contributed by atoms with Crippen LogP contribution in [0.1, 0.15) is 20.3 Å². The summed E-state index contributed by atoms with van der Waals surface area (Å²) in [7, 11) is 0. The SMILES string of the molecule is CCC(C)N1CCN(c2nc(N)ncc2[N+](=O)[O-])CC1. The van der Waals surface area contributed by atoms with Crippen molar-refractivity contribution in [3.63, 3.8) is 0 Å². The molecule has 2 rings (SSSR count). The topological polar surface area (TPSA) is 101 Å². The second kappa shape index (κ2) is 6.00. The molecule has 2 N–H and O–H groups in total. The number of nitrogens with zero attached hydrogens (tertiary/aromatic N) is 5. The largest absolute Gasteiger partial charge is 0.368 e. The molecule has 1 fully saturated rings. The number of nitro groups is 1. The van der Waals surface area contributed by atoms with Crippen molar-refractivity contribution in [1.82, 2.24) is 14.9 Å². The number of nitrogens with two attached hydrogens (primary N) is 1. The van der Waals surface area contributed by atoms with E-state index in [0.717, 1.165) is 19.5 Å². The molecule has 0 spiro atoms. The van der Waals surface area contributed by atoms with Crippen molar-refractivity contribution >= 4 is 17.5 Å². The Balaban J connectivity index is 2.14. The van der Waals surface area contributed by atoms with Crippen LogP contribution in [0.25, 0.3) is 0 Å². The van der Waals surface area contributed by atoms with Crippen molar-refractivity contribution < 1.29 is 4.92 Å². The Labute approximate surface area is 117 Å². The number of rotatable bonds is 4. The zero-order chi connectivity index (χ0) is 14.7. The first-order chi connectivity index (χ1) is 9.52. The van der Waals surface area contributed by atoms with Crippen LogP contribution < -0.4 is 10.6 Å². The molecule has 1 saturated heterocycles. The summed E-state index contributed by atoms with van der Waals surface area (Å²) in [5.41, 5.74) is 5.46. The third-order valence-corrected chi connectivity index (χ3v) is 3.79. The standard InChI is InChI=1S/C12H20N6O2/c1-3-9(2)16-4-6-17(7-5-16)11-10(18(19)20)8-14-12(13)15-11/h8-9H,3-7H2,1-2H3,(H2,13,14,15). The summed E-state index contributed by atoms with van der Waals surface area (Å²) in [5.74, 6) is 0.390. The van der Waals surface area contributed by atoms with Crippen molar-refractivity contribution in [3.05, 3.63) is 16.3 Å². The third kappa shape index (κ3) is 2.96.